The molecule has 3 nitrogen and oxygen atoms in total. The molecule has 1 saturated heterocycles. The molecule has 1 aromatic heterocycles. The lowest BCUT2D eigenvalue weighted by atomic mass is 10.1. The van der Waals surface area contributed by atoms with Gasteiger partial charge >= 0.3 is 6.18 Å². The van der Waals surface area contributed by atoms with E-state index in [1.807, 2.05) is 11.9 Å². The van der Waals surface area contributed by atoms with E-state index < -0.39 is 11.7 Å². The third kappa shape index (κ3) is 2.93. The SMILES string of the molecule is CNC1CCCN(c2cc(C(F)(F)F)ccn2)C1. The van der Waals surface area contributed by atoms with Crippen LogP contribution in [0.4, 0.5) is 19.0 Å². The van der Waals surface area contributed by atoms with Crippen molar-refractivity contribution in [1.29, 1.82) is 0 Å². The Morgan fingerprint density at radius 3 is 2.89 bits per heavy atom. The summed E-state index contributed by atoms with van der Waals surface area (Å²) in [7, 11) is 1.87. The predicted octanol–water partition coefficient (Wildman–Crippen LogP) is 2.29. The van der Waals surface area contributed by atoms with E-state index in [2.05, 4.69) is 10.3 Å². The highest BCUT2D eigenvalue weighted by Crippen LogP contribution is 2.31. The molecule has 1 atom stereocenters. The van der Waals surface area contributed by atoms with E-state index in [4.69, 9.17) is 0 Å². The molecule has 1 N–H and O–H groups in total. The molecule has 0 spiro atoms. The molecule has 2 rings (SSSR count). The van der Waals surface area contributed by atoms with Gasteiger partial charge in [-0.3, -0.25) is 0 Å². The number of nitrogens with zero attached hydrogens (tertiary/aromatic N) is 2. The van der Waals surface area contributed by atoms with Gasteiger partial charge in [0.2, 0.25) is 0 Å². The number of halogens is 3. The Hall–Kier alpha value is -1.30. The van der Waals surface area contributed by atoms with Crippen LogP contribution in [0.15, 0.2) is 18.3 Å². The van der Waals surface area contributed by atoms with Gasteiger partial charge in [0.05, 0.1) is 5.56 Å². The Morgan fingerprint density at radius 1 is 1.44 bits per heavy atom. The number of aromatic nitrogens is 1. The quantitative estimate of drug-likeness (QED) is 0.883. The third-order valence-corrected chi connectivity index (χ3v) is 3.23. The van der Waals surface area contributed by atoms with Crippen molar-refractivity contribution in [2.45, 2.75) is 25.1 Å². The molecule has 0 aliphatic carbocycles. The minimum absolute atomic E-state index is 0.315. The Balaban J connectivity index is 2.18. The number of pyridine rings is 1. The van der Waals surface area contributed by atoms with Crippen LogP contribution in [0.25, 0.3) is 0 Å². The lowest BCUT2D eigenvalue weighted by Crippen LogP contribution is -2.44. The van der Waals surface area contributed by atoms with Crippen molar-refractivity contribution in [1.82, 2.24) is 10.3 Å². The van der Waals surface area contributed by atoms with Crippen LogP contribution >= 0.6 is 0 Å². The number of piperidine rings is 1. The van der Waals surface area contributed by atoms with Gasteiger partial charge in [0.15, 0.2) is 0 Å². The third-order valence-electron chi connectivity index (χ3n) is 3.23. The molecule has 0 saturated carbocycles. The minimum atomic E-state index is -4.31. The number of hydrogen-bond donors (Lipinski definition) is 1. The number of rotatable bonds is 2. The highest BCUT2D eigenvalue weighted by molar-refractivity contribution is 5.42. The zero-order valence-electron chi connectivity index (χ0n) is 10.2. The van der Waals surface area contributed by atoms with E-state index >= 15 is 0 Å². The van der Waals surface area contributed by atoms with Gasteiger partial charge in [-0.05, 0) is 32.0 Å². The van der Waals surface area contributed by atoms with Crippen LogP contribution in [0.3, 0.4) is 0 Å². The molecule has 0 amide bonds. The maximum Gasteiger partial charge on any atom is 0.416 e. The first-order valence-corrected chi connectivity index (χ1v) is 5.96. The minimum Gasteiger partial charge on any atom is -0.355 e. The van der Waals surface area contributed by atoms with Crippen molar-refractivity contribution in [3.8, 4) is 0 Å². The summed E-state index contributed by atoms with van der Waals surface area (Å²) >= 11 is 0. The molecule has 2 heterocycles. The molecule has 1 aliphatic rings. The summed E-state index contributed by atoms with van der Waals surface area (Å²) in [6, 6.07) is 2.44. The fourth-order valence-corrected chi connectivity index (χ4v) is 2.19. The van der Waals surface area contributed by atoms with Gasteiger partial charge in [0, 0.05) is 25.3 Å². The summed E-state index contributed by atoms with van der Waals surface area (Å²) in [6.45, 7) is 1.46. The second-order valence-electron chi connectivity index (χ2n) is 4.47. The van der Waals surface area contributed by atoms with Crippen molar-refractivity contribution in [3.63, 3.8) is 0 Å². The molecule has 0 bridgehead atoms. The molecule has 1 aromatic rings. The molecule has 100 valence electrons. The molecule has 1 unspecified atom stereocenters. The predicted molar refractivity (Wildman–Crippen MR) is 63.5 cm³/mol. The molecule has 1 aliphatic heterocycles. The van der Waals surface area contributed by atoms with Crippen LogP contribution in [0, 0.1) is 0 Å². The number of anilines is 1. The Morgan fingerprint density at radius 2 is 2.22 bits per heavy atom. The number of nitrogens with one attached hydrogen (secondary N) is 1. The van der Waals surface area contributed by atoms with E-state index in [0.29, 0.717) is 18.4 Å². The highest BCUT2D eigenvalue weighted by Gasteiger charge is 2.31. The van der Waals surface area contributed by atoms with Crippen molar-refractivity contribution in [2.24, 2.45) is 0 Å². The van der Waals surface area contributed by atoms with Crippen molar-refractivity contribution >= 4 is 5.82 Å². The van der Waals surface area contributed by atoms with E-state index in [-0.39, 0.29) is 0 Å². The first kappa shape index (κ1) is 13.1. The summed E-state index contributed by atoms with van der Waals surface area (Å²) in [4.78, 5) is 5.95. The summed E-state index contributed by atoms with van der Waals surface area (Å²) in [5.74, 6) is 0.407. The van der Waals surface area contributed by atoms with Crippen molar-refractivity contribution in [2.75, 3.05) is 25.0 Å². The van der Waals surface area contributed by atoms with Crippen LogP contribution < -0.4 is 10.2 Å². The molecule has 0 aromatic carbocycles. The normalized spacial score (nSPS) is 21.1. The zero-order chi connectivity index (χ0) is 13.2. The molecule has 0 radical (unpaired) electrons. The average Bonchev–Trinajstić information content (AvgIpc) is 2.38. The monoisotopic (exact) mass is 259 g/mol. The number of alkyl halides is 3. The lowest BCUT2D eigenvalue weighted by molar-refractivity contribution is -0.137. The molecular weight excluding hydrogens is 243 g/mol. The van der Waals surface area contributed by atoms with Crippen LogP contribution in [-0.2, 0) is 6.18 Å². The van der Waals surface area contributed by atoms with Gasteiger partial charge in [0.1, 0.15) is 5.82 Å². The number of likely N-dealkylation sites (N-methyl/N-ethyl adjacent to an activating group) is 1. The Labute approximate surface area is 104 Å². The standard InChI is InChI=1S/C12H16F3N3/c1-16-10-3-2-6-18(8-10)11-7-9(4-5-17-11)12(13,14)15/h4-5,7,10,16H,2-3,6,8H2,1H3. The van der Waals surface area contributed by atoms with E-state index in [9.17, 15) is 13.2 Å². The smallest absolute Gasteiger partial charge is 0.355 e. The van der Waals surface area contributed by atoms with Crippen LogP contribution in [-0.4, -0.2) is 31.2 Å². The second-order valence-corrected chi connectivity index (χ2v) is 4.47. The topological polar surface area (TPSA) is 28.2 Å². The van der Waals surface area contributed by atoms with Gasteiger partial charge in [-0.2, -0.15) is 13.2 Å². The second kappa shape index (κ2) is 5.14. The Kier molecular flexibility index (Phi) is 3.75. The van der Waals surface area contributed by atoms with Crippen LogP contribution in [0.2, 0.25) is 0 Å². The fraction of sp³-hybridized carbons (Fsp3) is 0.583. The Bertz CT molecular complexity index is 406. The summed E-state index contributed by atoms with van der Waals surface area (Å²) in [5.41, 5.74) is -0.640. The molecular formula is C12H16F3N3. The van der Waals surface area contributed by atoms with Gasteiger partial charge in [-0.1, -0.05) is 0 Å². The van der Waals surface area contributed by atoms with Crippen molar-refractivity contribution < 1.29 is 13.2 Å². The van der Waals surface area contributed by atoms with Crippen molar-refractivity contribution in [3.05, 3.63) is 23.9 Å². The average molecular weight is 259 g/mol. The van der Waals surface area contributed by atoms with E-state index in [1.165, 1.54) is 6.20 Å². The van der Waals surface area contributed by atoms with Gasteiger partial charge in [0.25, 0.3) is 0 Å². The largest absolute Gasteiger partial charge is 0.416 e. The molecule has 1 fully saturated rings. The van der Waals surface area contributed by atoms with Crippen LogP contribution in [0.5, 0.6) is 0 Å². The molecule has 6 heteroatoms. The fourth-order valence-electron chi connectivity index (χ4n) is 2.19. The van der Waals surface area contributed by atoms with Gasteiger partial charge < -0.3 is 10.2 Å². The van der Waals surface area contributed by atoms with Gasteiger partial charge in [-0.25, -0.2) is 4.98 Å². The zero-order valence-corrected chi connectivity index (χ0v) is 10.2. The summed E-state index contributed by atoms with van der Waals surface area (Å²) in [6.07, 6.45) is -1.08. The lowest BCUT2D eigenvalue weighted by Gasteiger charge is -2.33. The summed E-state index contributed by atoms with van der Waals surface area (Å²) in [5, 5.41) is 3.16. The van der Waals surface area contributed by atoms with E-state index in [0.717, 1.165) is 31.5 Å². The van der Waals surface area contributed by atoms with Crippen LogP contribution in [0.1, 0.15) is 18.4 Å². The number of hydrogen-bond acceptors (Lipinski definition) is 3. The first-order valence-electron chi connectivity index (χ1n) is 5.96. The van der Waals surface area contributed by atoms with E-state index in [1.54, 1.807) is 0 Å². The van der Waals surface area contributed by atoms with Gasteiger partial charge in [-0.15, -0.1) is 0 Å². The maximum absolute atomic E-state index is 12.6. The molecule has 18 heavy (non-hydrogen) atoms. The highest BCUT2D eigenvalue weighted by atomic mass is 19.4. The summed E-state index contributed by atoms with van der Waals surface area (Å²) < 4.78 is 37.9. The maximum atomic E-state index is 12.6. The first-order chi connectivity index (χ1) is 8.50.